The molecule has 0 radical (unpaired) electrons. The summed E-state index contributed by atoms with van der Waals surface area (Å²) in [7, 11) is 2.15. The molecule has 1 N–H and O–H groups in total. The second-order valence-corrected chi connectivity index (χ2v) is 7.78. The third-order valence-electron chi connectivity index (χ3n) is 5.64. The van der Waals surface area contributed by atoms with Gasteiger partial charge in [-0.15, -0.1) is 0 Å². The van der Waals surface area contributed by atoms with E-state index in [1.807, 2.05) is 30.5 Å². The van der Waals surface area contributed by atoms with Gasteiger partial charge in [0.2, 0.25) is 5.95 Å². The fraction of sp³-hybridized carbons (Fsp3) is 0.429. The van der Waals surface area contributed by atoms with Crippen molar-refractivity contribution in [1.29, 1.82) is 0 Å². The number of hydrogen-bond donors (Lipinski definition) is 1. The highest BCUT2D eigenvalue weighted by Gasteiger charge is 2.33. The Morgan fingerprint density at radius 3 is 2.66 bits per heavy atom. The summed E-state index contributed by atoms with van der Waals surface area (Å²) in [5.74, 6) is 2.17. The second kappa shape index (κ2) is 7.79. The van der Waals surface area contributed by atoms with Gasteiger partial charge in [-0.25, -0.2) is 19.9 Å². The Balaban J connectivity index is 1.19. The first-order valence-electron chi connectivity index (χ1n) is 10.1. The summed E-state index contributed by atoms with van der Waals surface area (Å²) in [6.07, 6.45) is 7.23. The van der Waals surface area contributed by atoms with Gasteiger partial charge in [0.1, 0.15) is 6.10 Å². The zero-order valence-corrected chi connectivity index (χ0v) is 16.5. The van der Waals surface area contributed by atoms with Crippen LogP contribution in [0.25, 0.3) is 10.9 Å². The molecule has 8 nitrogen and oxygen atoms in total. The topological polar surface area (TPSA) is 79.3 Å². The average Bonchev–Trinajstić information content (AvgIpc) is 2.73. The van der Waals surface area contributed by atoms with E-state index in [0.717, 1.165) is 55.7 Å². The summed E-state index contributed by atoms with van der Waals surface area (Å²) >= 11 is 0. The second-order valence-electron chi connectivity index (χ2n) is 7.78. The highest BCUT2D eigenvalue weighted by atomic mass is 16.5. The molecule has 0 unspecified atom stereocenters. The molecule has 0 amide bonds. The highest BCUT2D eigenvalue weighted by Crippen LogP contribution is 2.31. The molecule has 2 aliphatic rings. The van der Waals surface area contributed by atoms with Crippen molar-refractivity contribution in [3.8, 4) is 5.88 Å². The van der Waals surface area contributed by atoms with Crippen LogP contribution in [-0.4, -0.2) is 70.2 Å². The molecule has 1 aromatic carbocycles. The minimum absolute atomic E-state index is 0.135. The number of aromatic nitrogens is 4. The van der Waals surface area contributed by atoms with E-state index in [1.54, 1.807) is 12.4 Å². The summed E-state index contributed by atoms with van der Waals surface area (Å²) in [6.45, 7) is 3.94. The molecule has 29 heavy (non-hydrogen) atoms. The third kappa shape index (κ3) is 3.93. The zero-order chi connectivity index (χ0) is 19.6. The van der Waals surface area contributed by atoms with Gasteiger partial charge in [0.25, 0.3) is 5.88 Å². The van der Waals surface area contributed by atoms with Crippen molar-refractivity contribution in [2.24, 2.45) is 0 Å². The van der Waals surface area contributed by atoms with Crippen LogP contribution in [0.15, 0.2) is 42.9 Å². The van der Waals surface area contributed by atoms with Crippen molar-refractivity contribution in [1.82, 2.24) is 24.8 Å². The molecule has 3 heterocycles. The van der Waals surface area contributed by atoms with Gasteiger partial charge in [-0.3, -0.25) is 0 Å². The number of nitrogens with zero attached hydrogens (tertiary/aromatic N) is 6. The number of ether oxygens (including phenoxy) is 1. The quantitative estimate of drug-likeness (QED) is 0.709. The maximum absolute atomic E-state index is 6.19. The molecule has 150 valence electrons. The van der Waals surface area contributed by atoms with Crippen LogP contribution < -0.4 is 15.0 Å². The fourth-order valence-corrected chi connectivity index (χ4v) is 3.80. The number of nitrogens with one attached hydrogen (secondary N) is 1. The SMILES string of the molecule is CN1CCN(c2nccnc2O[C@H]2C[C@H](Nc3ncc4ccccc4n3)C2)CC1. The van der Waals surface area contributed by atoms with E-state index in [9.17, 15) is 0 Å². The summed E-state index contributed by atoms with van der Waals surface area (Å²) in [4.78, 5) is 22.6. The molecule has 3 aromatic rings. The predicted octanol–water partition coefficient (Wildman–Crippen LogP) is 2.19. The lowest BCUT2D eigenvalue weighted by Crippen LogP contribution is -2.46. The smallest absolute Gasteiger partial charge is 0.257 e. The Kier molecular flexibility index (Phi) is 4.85. The van der Waals surface area contributed by atoms with Gasteiger partial charge in [-0.2, -0.15) is 0 Å². The Bertz CT molecular complexity index is 983. The van der Waals surface area contributed by atoms with E-state index in [1.165, 1.54) is 0 Å². The summed E-state index contributed by atoms with van der Waals surface area (Å²) < 4.78 is 6.19. The number of hydrogen-bond acceptors (Lipinski definition) is 8. The number of benzene rings is 1. The standard InChI is InChI=1S/C21H25N7O/c1-27-8-10-28(11-9-27)19-20(23-7-6-22-19)29-17-12-16(13-17)25-21-24-14-15-4-2-3-5-18(15)26-21/h2-7,14,16-17H,8-13H2,1H3,(H,24,25,26)/t16-,17-. The molecule has 0 spiro atoms. The Morgan fingerprint density at radius 1 is 1.00 bits per heavy atom. The van der Waals surface area contributed by atoms with Crippen LogP contribution in [0.4, 0.5) is 11.8 Å². The monoisotopic (exact) mass is 391 g/mol. The average molecular weight is 391 g/mol. The molecular weight excluding hydrogens is 366 g/mol. The molecular formula is C21H25N7O. The van der Waals surface area contributed by atoms with Crippen LogP contribution in [0.1, 0.15) is 12.8 Å². The van der Waals surface area contributed by atoms with Crippen molar-refractivity contribution in [3.05, 3.63) is 42.9 Å². The third-order valence-corrected chi connectivity index (χ3v) is 5.64. The summed E-state index contributed by atoms with van der Waals surface area (Å²) in [5.41, 5.74) is 0.952. The minimum Gasteiger partial charge on any atom is -0.472 e. The van der Waals surface area contributed by atoms with Crippen LogP contribution in [0.2, 0.25) is 0 Å². The lowest BCUT2D eigenvalue weighted by Gasteiger charge is -2.37. The molecule has 1 aliphatic carbocycles. The van der Waals surface area contributed by atoms with Crippen LogP contribution in [0.3, 0.4) is 0 Å². The van der Waals surface area contributed by atoms with E-state index in [0.29, 0.717) is 17.9 Å². The molecule has 8 heteroatoms. The number of fused-ring (bicyclic) bond motifs is 1. The first kappa shape index (κ1) is 18.1. The number of anilines is 2. The van der Waals surface area contributed by atoms with Crippen molar-refractivity contribution < 1.29 is 4.74 Å². The number of likely N-dealkylation sites (N-methyl/N-ethyl adjacent to an activating group) is 1. The zero-order valence-electron chi connectivity index (χ0n) is 16.5. The van der Waals surface area contributed by atoms with E-state index in [2.05, 4.69) is 42.1 Å². The van der Waals surface area contributed by atoms with Crippen LogP contribution in [0.5, 0.6) is 5.88 Å². The molecule has 2 fully saturated rings. The van der Waals surface area contributed by atoms with Crippen LogP contribution >= 0.6 is 0 Å². The molecule has 1 saturated heterocycles. The molecule has 2 aromatic heterocycles. The molecule has 1 saturated carbocycles. The molecule has 5 rings (SSSR count). The van der Waals surface area contributed by atoms with Gasteiger partial charge in [-0.1, -0.05) is 18.2 Å². The lowest BCUT2D eigenvalue weighted by atomic mass is 9.89. The van der Waals surface area contributed by atoms with Gasteiger partial charge < -0.3 is 19.9 Å². The summed E-state index contributed by atoms with van der Waals surface area (Å²) in [6, 6.07) is 8.32. The molecule has 0 atom stereocenters. The Hall–Kier alpha value is -3.00. The maximum Gasteiger partial charge on any atom is 0.257 e. The van der Waals surface area contributed by atoms with Crippen molar-refractivity contribution >= 4 is 22.7 Å². The Morgan fingerprint density at radius 2 is 1.79 bits per heavy atom. The Labute approximate surface area is 170 Å². The van der Waals surface area contributed by atoms with E-state index in [4.69, 9.17) is 4.74 Å². The summed E-state index contributed by atoms with van der Waals surface area (Å²) in [5, 5.41) is 4.46. The number of piperazine rings is 1. The van der Waals surface area contributed by atoms with Crippen molar-refractivity contribution in [2.75, 3.05) is 43.4 Å². The van der Waals surface area contributed by atoms with Crippen molar-refractivity contribution in [2.45, 2.75) is 25.0 Å². The van der Waals surface area contributed by atoms with Gasteiger partial charge >= 0.3 is 0 Å². The minimum atomic E-state index is 0.135. The van der Waals surface area contributed by atoms with E-state index < -0.39 is 0 Å². The number of rotatable bonds is 5. The lowest BCUT2D eigenvalue weighted by molar-refractivity contribution is 0.102. The first-order valence-corrected chi connectivity index (χ1v) is 10.1. The van der Waals surface area contributed by atoms with E-state index >= 15 is 0 Å². The highest BCUT2D eigenvalue weighted by molar-refractivity contribution is 5.78. The van der Waals surface area contributed by atoms with Crippen LogP contribution in [0, 0.1) is 0 Å². The first-order chi connectivity index (χ1) is 14.2. The predicted molar refractivity (Wildman–Crippen MR) is 112 cm³/mol. The van der Waals surface area contributed by atoms with Crippen molar-refractivity contribution in [3.63, 3.8) is 0 Å². The largest absolute Gasteiger partial charge is 0.472 e. The van der Waals surface area contributed by atoms with Crippen LogP contribution in [-0.2, 0) is 0 Å². The van der Waals surface area contributed by atoms with Gasteiger partial charge in [0.15, 0.2) is 5.82 Å². The fourth-order valence-electron chi connectivity index (χ4n) is 3.80. The normalized spacial score (nSPS) is 22.3. The van der Waals surface area contributed by atoms with Gasteiger partial charge in [-0.05, 0) is 13.1 Å². The van der Waals surface area contributed by atoms with Gasteiger partial charge in [0, 0.05) is 69.0 Å². The van der Waals surface area contributed by atoms with E-state index in [-0.39, 0.29) is 6.10 Å². The molecule has 0 bridgehead atoms. The maximum atomic E-state index is 6.19. The molecule has 1 aliphatic heterocycles. The number of para-hydroxylation sites is 1. The van der Waals surface area contributed by atoms with Gasteiger partial charge in [0.05, 0.1) is 5.52 Å².